The van der Waals surface area contributed by atoms with Crippen LogP contribution in [0, 0.1) is 0 Å². The molecule has 0 spiro atoms. The first-order valence-electron chi connectivity index (χ1n) is 5.14. The second-order valence-electron chi connectivity index (χ2n) is 3.61. The van der Waals surface area contributed by atoms with E-state index in [4.69, 9.17) is 0 Å². The van der Waals surface area contributed by atoms with Crippen LogP contribution in [0.4, 0.5) is 0 Å². The lowest BCUT2D eigenvalue weighted by atomic mass is 10.2. The van der Waals surface area contributed by atoms with Gasteiger partial charge < -0.3 is 0 Å². The van der Waals surface area contributed by atoms with Gasteiger partial charge >= 0.3 is 5.69 Å². The van der Waals surface area contributed by atoms with E-state index >= 15 is 0 Å². The van der Waals surface area contributed by atoms with Crippen LogP contribution < -0.4 is 11.2 Å². The average molecular weight is 248 g/mol. The molecule has 0 aliphatic heterocycles. The van der Waals surface area contributed by atoms with Crippen LogP contribution in [0.5, 0.6) is 0 Å². The van der Waals surface area contributed by atoms with Gasteiger partial charge in [-0.1, -0.05) is 30.3 Å². The Hall–Kier alpha value is -1.75. The molecule has 88 valence electrons. The lowest BCUT2D eigenvalue weighted by molar-refractivity contribution is 0.717. The summed E-state index contributed by atoms with van der Waals surface area (Å²) in [6.45, 7) is 0. The van der Waals surface area contributed by atoms with E-state index in [0.29, 0.717) is 5.03 Å². The van der Waals surface area contributed by atoms with E-state index < -0.39 is 0 Å². The van der Waals surface area contributed by atoms with Crippen molar-refractivity contribution in [3.05, 3.63) is 62.8 Å². The summed E-state index contributed by atoms with van der Waals surface area (Å²) in [6.07, 6.45) is 0. The number of aromatic nitrogens is 2. The average Bonchev–Trinajstić information content (AvgIpc) is 2.33. The second kappa shape index (κ2) is 5.05. The van der Waals surface area contributed by atoms with Crippen LogP contribution >= 0.6 is 11.8 Å². The number of nitrogens with one attached hydrogen (secondary N) is 1. The molecular formula is C12H12N2O2S. The van der Waals surface area contributed by atoms with Gasteiger partial charge in [0.25, 0.3) is 5.56 Å². The summed E-state index contributed by atoms with van der Waals surface area (Å²) >= 11 is 1.47. The highest BCUT2D eigenvalue weighted by molar-refractivity contribution is 7.98. The molecule has 2 rings (SSSR count). The van der Waals surface area contributed by atoms with Gasteiger partial charge in [-0.2, -0.15) is 0 Å². The topological polar surface area (TPSA) is 54.9 Å². The number of aromatic amines is 1. The lowest BCUT2D eigenvalue weighted by Gasteiger charge is -2.06. The molecule has 0 fully saturated rings. The van der Waals surface area contributed by atoms with Crippen molar-refractivity contribution in [1.29, 1.82) is 0 Å². The fraction of sp³-hybridized carbons (Fsp3) is 0.167. The monoisotopic (exact) mass is 248 g/mol. The van der Waals surface area contributed by atoms with Crippen molar-refractivity contribution in [2.45, 2.75) is 10.8 Å². The minimum atomic E-state index is -0.381. The summed E-state index contributed by atoms with van der Waals surface area (Å²) in [5.41, 5.74) is 0.418. The summed E-state index contributed by atoms with van der Waals surface area (Å²) in [5.74, 6) is 0.734. The predicted octanol–water partition coefficient (Wildman–Crippen LogP) is 1.37. The molecule has 2 aromatic rings. The van der Waals surface area contributed by atoms with Gasteiger partial charge in [-0.3, -0.25) is 14.3 Å². The maximum absolute atomic E-state index is 11.4. The Morgan fingerprint density at radius 3 is 2.65 bits per heavy atom. The van der Waals surface area contributed by atoms with Gasteiger partial charge in [0, 0.05) is 18.9 Å². The van der Waals surface area contributed by atoms with Gasteiger partial charge in [-0.15, -0.1) is 11.8 Å². The molecule has 0 aliphatic carbocycles. The maximum atomic E-state index is 11.4. The first-order chi connectivity index (χ1) is 8.16. The van der Waals surface area contributed by atoms with E-state index in [1.54, 1.807) is 7.05 Å². The van der Waals surface area contributed by atoms with E-state index in [0.717, 1.165) is 11.3 Å². The summed E-state index contributed by atoms with van der Waals surface area (Å²) in [6, 6.07) is 11.3. The van der Waals surface area contributed by atoms with Crippen molar-refractivity contribution in [2.24, 2.45) is 7.05 Å². The summed E-state index contributed by atoms with van der Waals surface area (Å²) < 4.78 is 1.44. The number of rotatable bonds is 3. The van der Waals surface area contributed by atoms with Crippen LogP contribution in [0.25, 0.3) is 0 Å². The number of thioether (sulfide) groups is 1. The van der Waals surface area contributed by atoms with Gasteiger partial charge in [0.05, 0.1) is 5.03 Å². The standard InChI is InChI=1S/C12H12N2O2S/c1-14-11(7-10(15)13-12(14)16)17-8-9-5-3-2-4-6-9/h2-7H,8H2,1H3,(H,13,15,16). The minimum Gasteiger partial charge on any atom is -0.291 e. The van der Waals surface area contributed by atoms with Crippen LogP contribution in [0.3, 0.4) is 0 Å². The molecule has 0 amide bonds. The normalized spacial score (nSPS) is 10.4. The van der Waals surface area contributed by atoms with Crippen LogP contribution in [0.15, 0.2) is 51.0 Å². The van der Waals surface area contributed by atoms with Gasteiger partial charge in [0.15, 0.2) is 0 Å². The first kappa shape index (κ1) is 11.7. The van der Waals surface area contributed by atoms with Crippen LogP contribution in [0.2, 0.25) is 0 Å². The van der Waals surface area contributed by atoms with E-state index in [9.17, 15) is 9.59 Å². The Labute approximate surface area is 102 Å². The van der Waals surface area contributed by atoms with E-state index in [-0.39, 0.29) is 11.2 Å². The summed E-state index contributed by atoms with van der Waals surface area (Å²) in [5, 5.41) is 0.669. The smallest absolute Gasteiger partial charge is 0.291 e. The Bertz CT molecular complexity index is 616. The molecular weight excluding hydrogens is 236 g/mol. The molecule has 5 heteroatoms. The quantitative estimate of drug-likeness (QED) is 0.659. The minimum absolute atomic E-state index is 0.358. The molecule has 4 nitrogen and oxygen atoms in total. The van der Waals surface area contributed by atoms with E-state index in [2.05, 4.69) is 4.98 Å². The molecule has 0 aliphatic rings. The van der Waals surface area contributed by atoms with Crippen LogP contribution in [0.1, 0.15) is 5.56 Å². The molecule has 17 heavy (non-hydrogen) atoms. The molecule has 0 saturated carbocycles. The molecule has 0 bridgehead atoms. The SMILES string of the molecule is Cn1c(SCc2ccccc2)cc(=O)[nH]c1=O. The number of hydrogen-bond donors (Lipinski definition) is 1. The molecule has 0 unspecified atom stereocenters. The van der Waals surface area contributed by atoms with Gasteiger partial charge in [-0.05, 0) is 5.56 Å². The van der Waals surface area contributed by atoms with Crippen molar-refractivity contribution in [1.82, 2.24) is 9.55 Å². The third-order valence-corrected chi connectivity index (χ3v) is 3.51. The summed E-state index contributed by atoms with van der Waals surface area (Å²) in [7, 11) is 1.64. The van der Waals surface area contributed by atoms with Crippen LogP contribution in [-0.4, -0.2) is 9.55 Å². The molecule has 1 aromatic carbocycles. The highest BCUT2D eigenvalue weighted by atomic mass is 32.2. The zero-order valence-corrected chi connectivity index (χ0v) is 10.2. The number of H-pyrrole nitrogens is 1. The third kappa shape index (κ3) is 2.88. The van der Waals surface area contributed by atoms with Crippen molar-refractivity contribution in [2.75, 3.05) is 0 Å². The van der Waals surface area contributed by atoms with Crippen molar-refractivity contribution in [3.8, 4) is 0 Å². The van der Waals surface area contributed by atoms with Crippen molar-refractivity contribution in [3.63, 3.8) is 0 Å². The summed E-state index contributed by atoms with van der Waals surface area (Å²) in [4.78, 5) is 24.8. The van der Waals surface area contributed by atoms with E-state index in [1.807, 2.05) is 30.3 Å². The zero-order chi connectivity index (χ0) is 12.3. The number of benzene rings is 1. The largest absolute Gasteiger partial charge is 0.328 e. The lowest BCUT2D eigenvalue weighted by Crippen LogP contribution is -2.28. The Morgan fingerprint density at radius 2 is 1.94 bits per heavy atom. The molecule has 1 N–H and O–H groups in total. The van der Waals surface area contributed by atoms with Gasteiger partial charge in [-0.25, -0.2) is 4.79 Å². The molecule has 1 aromatic heterocycles. The Balaban J connectivity index is 2.20. The van der Waals surface area contributed by atoms with Gasteiger partial charge in [0.1, 0.15) is 0 Å². The van der Waals surface area contributed by atoms with Crippen molar-refractivity contribution >= 4 is 11.8 Å². The Kier molecular flexibility index (Phi) is 3.49. The molecule has 0 saturated heterocycles. The Morgan fingerprint density at radius 1 is 1.24 bits per heavy atom. The fourth-order valence-electron chi connectivity index (χ4n) is 1.40. The number of nitrogens with zero attached hydrogens (tertiary/aromatic N) is 1. The first-order valence-corrected chi connectivity index (χ1v) is 6.12. The predicted molar refractivity (Wildman–Crippen MR) is 68.3 cm³/mol. The van der Waals surface area contributed by atoms with Crippen molar-refractivity contribution < 1.29 is 0 Å². The molecule has 0 radical (unpaired) electrons. The second-order valence-corrected chi connectivity index (χ2v) is 4.61. The highest BCUT2D eigenvalue weighted by Crippen LogP contribution is 2.19. The fourth-order valence-corrected chi connectivity index (χ4v) is 2.38. The van der Waals surface area contributed by atoms with Crippen LogP contribution in [-0.2, 0) is 12.8 Å². The highest BCUT2D eigenvalue weighted by Gasteiger charge is 2.03. The third-order valence-electron chi connectivity index (χ3n) is 2.35. The zero-order valence-electron chi connectivity index (χ0n) is 9.34. The van der Waals surface area contributed by atoms with E-state index in [1.165, 1.54) is 22.4 Å². The molecule has 0 atom stereocenters. The van der Waals surface area contributed by atoms with Gasteiger partial charge in [0.2, 0.25) is 0 Å². The maximum Gasteiger partial charge on any atom is 0.328 e. The molecule has 1 heterocycles. The number of hydrogen-bond acceptors (Lipinski definition) is 3.